The van der Waals surface area contributed by atoms with Gasteiger partial charge in [0.15, 0.2) is 0 Å². The molecule has 94 valence electrons. The van der Waals surface area contributed by atoms with Gasteiger partial charge in [0.1, 0.15) is 23.0 Å². The fraction of sp³-hybridized carbons (Fsp3) is 0.833. The smallest absolute Gasteiger partial charge is 0.109 e. The van der Waals surface area contributed by atoms with Crippen molar-refractivity contribution in [2.45, 2.75) is 31.7 Å². The van der Waals surface area contributed by atoms with Crippen LogP contribution in [0.3, 0.4) is 0 Å². The Labute approximate surface area is 113 Å². The highest BCUT2D eigenvalue weighted by Gasteiger charge is 2.23. The van der Waals surface area contributed by atoms with Gasteiger partial charge in [0.05, 0.1) is 6.61 Å². The number of nitrogens with zero attached hydrogens (tertiary/aromatic N) is 1. The molecule has 0 aromatic heterocycles. The summed E-state index contributed by atoms with van der Waals surface area (Å²) in [7, 11) is 0. The molecule has 1 aliphatic heterocycles. The summed E-state index contributed by atoms with van der Waals surface area (Å²) >= 11 is 1.99. The molecule has 0 unspecified atom stereocenters. The Morgan fingerprint density at radius 1 is 1.44 bits per heavy atom. The van der Waals surface area contributed by atoms with E-state index in [2.05, 4.69) is 11.5 Å². The van der Waals surface area contributed by atoms with E-state index in [9.17, 15) is 0 Å². The van der Waals surface area contributed by atoms with Gasteiger partial charge in [-0.2, -0.15) is 0 Å². The summed E-state index contributed by atoms with van der Waals surface area (Å²) in [6.07, 6.45) is 6.56. The highest BCUT2D eigenvalue weighted by molar-refractivity contribution is 14.1. The first-order valence-electron chi connectivity index (χ1n) is 6.04. The molecule has 0 spiro atoms. The number of ether oxygens (including phenoxy) is 1. The molecule has 1 aliphatic rings. The maximum Gasteiger partial charge on any atom is 0.109 e. The zero-order valence-corrected chi connectivity index (χ0v) is 12.0. The summed E-state index contributed by atoms with van der Waals surface area (Å²) in [5.74, 6) is 0. The van der Waals surface area contributed by atoms with Crippen molar-refractivity contribution in [3.63, 3.8) is 0 Å². The van der Waals surface area contributed by atoms with Crippen LogP contribution in [0.2, 0.25) is 0 Å². The minimum atomic E-state index is 0.630. The molecule has 16 heavy (non-hydrogen) atoms. The highest BCUT2D eigenvalue weighted by atomic mass is 127. The maximum atomic E-state index is 5.50. The molecule has 0 bridgehead atoms. The molecule has 1 fully saturated rings. The van der Waals surface area contributed by atoms with Gasteiger partial charge >= 0.3 is 0 Å². The van der Waals surface area contributed by atoms with Crippen molar-refractivity contribution in [3.05, 3.63) is 12.7 Å². The lowest BCUT2D eigenvalue weighted by atomic mass is 10.2. The van der Waals surface area contributed by atoms with Crippen LogP contribution in [-0.2, 0) is 7.80 Å². The van der Waals surface area contributed by atoms with Gasteiger partial charge in [-0.1, -0.05) is 6.08 Å². The average Bonchev–Trinajstić information content (AvgIpc) is 2.72. The van der Waals surface area contributed by atoms with Crippen molar-refractivity contribution < 1.29 is 7.80 Å². The molecule has 0 amide bonds. The molecule has 1 heterocycles. The third-order valence-electron chi connectivity index (χ3n) is 2.95. The van der Waals surface area contributed by atoms with E-state index in [1.54, 1.807) is 0 Å². The van der Waals surface area contributed by atoms with E-state index in [-0.39, 0.29) is 0 Å². The second kappa shape index (κ2) is 9.39. The Kier molecular flexibility index (Phi) is 8.46. The van der Waals surface area contributed by atoms with Crippen molar-refractivity contribution in [3.8, 4) is 0 Å². The Balaban J connectivity index is 2.00. The largest absolute Gasteiger partial charge is 0.381 e. The molecule has 0 radical (unpaired) electrons. The standard InChI is InChI=1S/C12H22INO2/c1-2-3-9-15-10-5-8-14-7-4-6-12(14)11-16-13/h2,12H,1,3-11H2/t12-/m0/s1. The zero-order chi connectivity index (χ0) is 11.6. The molecule has 0 aromatic carbocycles. The number of halogens is 1. The van der Waals surface area contributed by atoms with Crippen LogP contribution in [0.1, 0.15) is 25.7 Å². The molecular formula is C12H22INO2. The molecule has 1 atom stereocenters. The first-order valence-corrected chi connectivity index (χ1v) is 6.92. The van der Waals surface area contributed by atoms with Gasteiger partial charge in [-0.3, -0.25) is 4.90 Å². The summed E-state index contributed by atoms with van der Waals surface area (Å²) in [5, 5.41) is 0. The van der Waals surface area contributed by atoms with Crippen LogP contribution in [0.25, 0.3) is 0 Å². The topological polar surface area (TPSA) is 21.7 Å². The molecule has 0 aliphatic carbocycles. The predicted molar refractivity (Wildman–Crippen MR) is 74.8 cm³/mol. The number of rotatable bonds is 9. The number of hydrogen-bond donors (Lipinski definition) is 0. The van der Waals surface area contributed by atoms with Crippen molar-refractivity contribution in [1.29, 1.82) is 0 Å². The van der Waals surface area contributed by atoms with Gasteiger partial charge < -0.3 is 7.80 Å². The number of hydrogen-bond acceptors (Lipinski definition) is 3. The first-order chi connectivity index (χ1) is 7.88. The van der Waals surface area contributed by atoms with Crippen molar-refractivity contribution in [2.75, 3.05) is 32.9 Å². The molecule has 0 N–H and O–H groups in total. The van der Waals surface area contributed by atoms with Gasteiger partial charge in [-0.05, 0) is 32.2 Å². The van der Waals surface area contributed by atoms with Gasteiger partial charge in [0.25, 0.3) is 0 Å². The van der Waals surface area contributed by atoms with Crippen LogP contribution < -0.4 is 0 Å². The third kappa shape index (κ3) is 5.61. The van der Waals surface area contributed by atoms with E-state index < -0.39 is 0 Å². The molecule has 3 nitrogen and oxygen atoms in total. The Morgan fingerprint density at radius 3 is 3.06 bits per heavy atom. The summed E-state index contributed by atoms with van der Waals surface area (Å²) in [6.45, 7) is 8.56. The predicted octanol–water partition coefficient (Wildman–Crippen LogP) is 2.80. The van der Waals surface area contributed by atoms with Crippen LogP contribution >= 0.6 is 23.0 Å². The lowest BCUT2D eigenvalue weighted by molar-refractivity contribution is 0.118. The molecule has 4 heteroatoms. The van der Waals surface area contributed by atoms with E-state index in [0.717, 1.165) is 39.2 Å². The lowest BCUT2D eigenvalue weighted by Crippen LogP contribution is -2.33. The van der Waals surface area contributed by atoms with Gasteiger partial charge in [-0.25, -0.2) is 0 Å². The second-order valence-electron chi connectivity index (χ2n) is 4.15. The maximum absolute atomic E-state index is 5.50. The molecular weight excluding hydrogens is 317 g/mol. The van der Waals surface area contributed by atoms with Crippen LogP contribution in [0.15, 0.2) is 12.7 Å². The normalized spacial score (nSPS) is 21.4. The Bertz CT molecular complexity index is 190. The fourth-order valence-corrected chi connectivity index (χ4v) is 2.50. The second-order valence-corrected chi connectivity index (χ2v) is 4.77. The zero-order valence-electron chi connectivity index (χ0n) is 9.87. The lowest BCUT2D eigenvalue weighted by Gasteiger charge is -2.23. The van der Waals surface area contributed by atoms with Crippen LogP contribution in [0.4, 0.5) is 0 Å². The first kappa shape index (κ1) is 14.4. The fourth-order valence-electron chi connectivity index (χ4n) is 2.09. The SMILES string of the molecule is C=CCCOCCCN1CCC[C@H]1COI. The third-order valence-corrected chi connectivity index (χ3v) is 3.31. The van der Waals surface area contributed by atoms with Crippen molar-refractivity contribution in [1.82, 2.24) is 4.90 Å². The van der Waals surface area contributed by atoms with E-state index in [4.69, 9.17) is 7.80 Å². The Hall–Kier alpha value is 0.350. The van der Waals surface area contributed by atoms with Gasteiger partial charge in [0.2, 0.25) is 0 Å². The van der Waals surface area contributed by atoms with E-state index in [1.165, 1.54) is 19.4 Å². The summed E-state index contributed by atoms with van der Waals surface area (Å²) in [6, 6.07) is 0.630. The number of likely N-dealkylation sites (tertiary alicyclic amines) is 1. The summed E-state index contributed by atoms with van der Waals surface area (Å²) in [5.41, 5.74) is 0. The van der Waals surface area contributed by atoms with Crippen LogP contribution in [0, 0.1) is 0 Å². The van der Waals surface area contributed by atoms with E-state index in [1.807, 2.05) is 29.1 Å². The van der Waals surface area contributed by atoms with Crippen LogP contribution in [0.5, 0.6) is 0 Å². The van der Waals surface area contributed by atoms with Gasteiger partial charge in [0, 0.05) is 25.8 Å². The summed E-state index contributed by atoms with van der Waals surface area (Å²) in [4.78, 5) is 2.52. The molecule has 0 saturated carbocycles. The summed E-state index contributed by atoms with van der Waals surface area (Å²) < 4.78 is 10.7. The highest BCUT2D eigenvalue weighted by Crippen LogP contribution is 2.18. The monoisotopic (exact) mass is 339 g/mol. The van der Waals surface area contributed by atoms with Gasteiger partial charge in [-0.15, -0.1) is 6.58 Å². The van der Waals surface area contributed by atoms with Crippen LogP contribution in [-0.4, -0.2) is 43.9 Å². The Morgan fingerprint density at radius 2 is 2.31 bits per heavy atom. The van der Waals surface area contributed by atoms with Crippen molar-refractivity contribution in [2.24, 2.45) is 0 Å². The average molecular weight is 339 g/mol. The van der Waals surface area contributed by atoms with E-state index >= 15 is 0 Å². The molecule has 0 aromatic rings. The molecule has 1 rings (SSSR count). The quantitative estimate of drug-likeness (QED) is 0.366. The minimum absolute atomic E-state index is 0.630. The molecule has 1 saturated heterocycles. The van der Waals surface area contributed by atoms with Crippen molar-refractivity contribution >= 4 is 23.0 Å². The van der Waals surface area contributed by atoms with E-state index in [0.29, 0.717) is 6.04 Å². The minimum Gasteiger partial charge on any atom is -0.381 e.